The summed E-state index contributed by atoms with van der Waals surface area (Å²) in [5, 5.41) is 0.643. The molecule has 1 aliphatic heterocycles. The Labute approximate surface area is 106 Å². The standard InChI is InChI=1S/C12H15ClO2S/c13-11-2-1-10(16)7-12(11)15-8-9-3-5-14-6-4-9/h1-2,7,9,16H,3-6,8H2. The molecule has 4 heteroatoms. The fourth-order valence-corrected chi connectivity index (χ4v) is 2.09. The molecule has 1 fully saturated rings. The van der Waals surface area contributed by atoms with Gasteiger partial charge in [0.2, 0.25) is 0 Å². The maximum atomic E-state index is 6.03. The lowest BCUT2D eigenvalue weighted by Crippen LogP contribution is -2.21. The van der Waals surface area contributed by atoms with E-state index < -0.39 is 0 Å². The van der Waals surface area contributed by atoms with Crippen LogP contribution in [-0.4, -0.2) is 19.8 Å². The molecule has 88 valence electrons. The third kappa shape index (κ3) is 3.30. The highest BCUT2D eigenvalue weighted by molar-refractivity contribution is 7.80. The second-order valence-electron chi connectivity index (χ2n) is 3.98. The summed E-state index contributed by atoms with van der Waals surface area (Å²) in [6.07, 6.45) is 2.14. The topological polar surface area (TPSA) is 18.5 Å². The van der Waals surface area contributed by atoms with Crippen molar-refractivity contribution >= 4 is 24.2 Å². The first-order chi connectivity index (χ1) is 7.75. The molecular formula is C12H15ClO2S. The summed E-state index contributed by atoms with van der Waals surface area (Å²) >= 11 is 10.3. The van der Waals surface area contributed by atoms with Gasteiger partial charge in [0.1, 0.15) is 5.75 Å². The van der Waals surface area contributed by atoms with Gasteiger partial charge in [-0.2, -0.15) is 0 Å². The zero-order chi connectivity index (χ0) is 11.4. The monoisotopic (exact) mass is 258 g/mol. The highest BCUT2D eigenvalue weighted by Gasteiger charge is 2.15. The Bertz CT molecular complexity index is 351. The van der Waals surface area contributed by atoms with Gasteiger partial charge in [0, 0.05) is 18.1 Å². The normalized spacial score (nSPS) is 17.4. The third-order valence-corrected chi connectivity index (χ3v) is 3.32. The van der Waals surface area contributed by atoms with E-state index in [2.05, 4.69) is 12.6 Å². The molecule has 0 radical (unpaired) electrons. The Kier molecular flexibility index (Phi) is 4.38. The van der Waals surface area contributed by atoms with E-state index in [1.54, 1.807) is 0 Å². The zero-order valence-corrected chi connectivity index (χ0v) is 10.6. The van der Waals surface area contributed by atoms with Crippen LogP contribution in [0.3, 0.4) is 0 Å². The van der Waals surface area contributed by atoms with Crippen molar-refractivity contribution in [2.24, 2.45) is 5.92 Å². The predicted molar refractivity (Wildman–Crippen MR) is 67.7 cm³/mol. The van der Waals surface area contributed by atoms with E-state index in [1.807, 2.05) is 18.2 Å². The van der Waals surface area contributed by atoms with Crippen molar-refractivity contribution in [2.45, 2.75) is 17.7 Å². The van der Waals surface area contributed by atoms with Crippen LogP contribution in [0.1, 0.15) is 12.8 Å². The third-order valence-electron chi connectivity index (χ3n) is 2.73. The van der Waals surface area contributed by atoms with Gasteiger partial charge >= 0.3 is 0 Å². The van der Waals surface area contributed by atoms with Crippen LogP contribution >= 0.6 is 24.2 Å². The molecule has 0 aliphatic carbocycles. The molecule has 0 aromatic heterocycles. The Morgan fingerprint density at radius 2 is 2.12 bits per heavy atom. The van der Waals surface area contributed by atoms with Gasteiger partial charge in [-0.3, -0.25) is 0 Å². The molecule has 2 nitrogen and oxygen atoms in total. The van der Waals surface area contributed by atoms with E-state index >= 15 is 0 Å². The Hall–Kier alpha value is -0.380. The van der Waals surface area contributed by atoms with E-state index in [4.69, 9.17) is 21.1 Å². The number of thiol groups is 1. The Balaban J connectivity index is 1.90. The largest absolute Gasteiger partial charge is 0.492 e. The zero-order valence-electron chi connectivity index (χ0n) is 8.99. The van der Waals surface area contributed by atoms with Gasteiger partial charge in [0.25, 0.3) is 0 Å². The summed E-state index contributed by atoms with van der Waals surface area (Å²) < 4.78 is 11.0. The van der Waals surface area contributed by atoms with E-state index in [0.717, 1.165) is 36.7 Å². The molecule has 1 heterocycles. The van der Waals surface area contributed by atoms with Crippen LogP contribution in [0.15, 0.2) is 23.1 Å². The average molecular weight is 259 g/mol. The van der Waals surface area contributed by atoms with Crippen LogP contribution in [-0.2, 0) is 4.74 Å². The summed E-state index contributed by atoms with van der Waals surface area (Å²) in [7, 11) is 0. The van der Waals surface area contributed by atoms with Gasteiger partial charge in [0.05, 0.1) is 11.6 Å². The molecule has 2 rings (SSSR count). The fourth-order valence-electron chi connectivity index (χ4n) is 1.72. The van der Waals surface area contributed by atoms with Gasteiger partial charge in [-0.05, 0) is 37.0 Å². The molecule has 0 N–H and O–H groups in total. The molecule has 1 aliphatic rings. The van der Waals surface area contributed by atoms with Crippen LogP contribution in [0.4, 0.5) is 0 Å². The first-order valence-electron chi connectivity index (χ1n) is 5.45. The molecule has 16 heavy (non-hydrogen) atoms. The molecule has 0 spiro atoms. The first kappa shape index (κ1) is 12.1. The smallest absolute Gasteiger partial charge is 0.138 e. The van der Waals surface area contributed by atoms with Gasteiger partial charge in [0.15, 0.2) is 0 Å². The molecule has 0 bridgehead atoms. The van der Waals surface area contributed by atoms with Crippen molar-refractivity contribution in [2.75, 3.05) is 19.8 Å². The molecule has 1 aromatic carbocycles. The number of hydrogen-bond donors (Lipinski definition) is 1. The summed E-state index contributed by atoms with van der Waals surface area (Å²) in [5.74, 6) is 1.30. The van der Waals surface area contributed by atoms with Gasteiger partial charge in [-0.1, -0.05) is 11.6 Å². The number of rotatable bonds is 3. The molecule has 0 amide bonds. The maximum absolute atomic E-state index is 6.03. The van der Waals surface area contributed by atoms with Crippen LogP contribution < -0.4 is 4.74 Å². The second kappa shape index (κ2) is 5.80. The van der Waals surface area contributed by atoms with Crippen molar-refractivity contribution < 1.29 is 9.47 Å². The molecule has 1 saturated heterocycles. The SMILES string of the molecule is Sc1ccc(Cl)c(OCC2CCOCC2)c1. The molecule has 1 aromatic rings. The lowest BCUT2D eigenvalue weighted by molar-refractivity contribution is 0.0497. The molecule has 0 atom stereocenters. The van der Waals surface area contributed by atoms with Crippen molar-refractivity contribution in [3.63, 3.8) is 0 Å². The van der Waals surface area contributed by atoms with Gasteiger partial charge in [-0.15, -0.1) is 12.6 Å². The van der Waals surface area contributed by atoms with Crippen LogP contribution in [0.25, 0.3) is 0 Å². The van der Waals surface area contributed by atoms with Crippen LogP contribution in [0.2, 0.25) is 5.02 Å². The van der Waals surface area contributed by atoms with Gasteiger partial charge in [-0.25, -0.2) is 0 Å². The van der Waals surface area contributed by atoms with E-state index in [0.29, 0.717) is 17.5 Å². The Morgan fingerprint density at radius 3 is 2.88 bits per heavy atom. The minimum Gasteiger partial charge on any atom is -0.492 e. The summed E-state index contributed by atoms with van der Waals surface area (Å²) in [5.41, 5.74) is 0. The van der Waals surface area contributed by atoms with Crippen molar-refractivity contribution in [1.29, 1.82) is 0 Å². The lowest BCUT2D eigenvalue weighted by Gasteiger charge is -2.22. The predicted octanol–water partition coefficient (Wildman–Crippen LogP) is 3.43. The lowest BCUT2D eigenvalue weighted by atomic mass is 10.0. The van der Waals surface area contributed by atoms with Crippen LogP contribution in [0, 0.1) is 5.92 Å². The van der Waals surface area contributed by atoms with E-state index in [9.17, 15) is 0 Å². The summed E-state index contributed by atoms with van der Waals surface area (Å²) in [4.78, 5) is 0.867. The fraction of sp³-hybridized carbons (Fsp3) is 0.500. The minimum atomic E-state index is 0.577. The molecule has 0 unspecified atom stereocenters. The number of ether oxygens (including phenoxy) is 2. The van der Waals surface area contributed by atoms with Crippen LogP contribution in [0.5, 0.6) is 5.75 Å². The van der Waals surface area contributed by atoms with E-state index in [1.165, 1.54) is 0 Å². The summed E-state index contributed by atoms with van der Waals surface area (Å²) in [6, 6.07) is 5.51. The minimum absolute atomic E-state index is 0.577. The average Bonchev–Trinajstić information content (AvgIpc) is 2.32. The summed E-state index contributed by atoms with van der Waals surface area (Å²) in [6.45, 7) is 2.39. The number of hydrogen-bond acceptors (Lipinski definition) is 3. The first-order valence-corrected chi connectivity index (χ1v) is 6.27. The number of benzene rings is 1. The van der Waals surface area contributed by atoms with Crippen molar-refractivity contribution in [3.05, 3.63) is 23.2 Å². The quantitative estimate of drug-likeness (QED) is 0.838. The molecule has 0 saturated carbocycles. The van der Waals surface area contributed by atoms with Crippen molar-refractivity contribution in [3.8, 4) is 5.75 Å². The highest BCUT2D eigenvalue weighted by Crippen LogP contribution is 2.28. The van der Waals surface area contributed by atoms with E-state index in [-0.39, 0.29) is 0 Å². The van der Waals surface area contributed by atoms with Gasteiger partial charge < -0.3 is 9.47 Å². The highest BCUT2D eigenvalue weighted by atomic mass is 35.5. The molecular weight excluding hydrogens is 244 g/mol. The number of halogens is 1. The maximum Gasteiger partial charge on any atom is 0.138 e. The second-order valence-corrected chi connectivity index (χ2v) is 4.91. The Morgan fingerprint density at radius 1 is 1.38 bits per heavy atom. The van der Waals surface area contributed by atoms with Crippen molar-refractivity contribution in [1.82, 2.24) is 0 Å².